The van der Waals surface area contributed by atoms with Crippen LogP contribution in [0.5, 0.6) is 17.2 Å². The van der Waals surface area contributed by atoms with E-state index in [9.17, 15) is 9.90 Å². The van der Waals surface area contributed by atoms with Gasteiger partial charge in [0, 0.05) is 28.2 Å². The number of amides is 1. The van der Waals surface area contributed by atoms with Crippen molar-refractivity contribution in [2.45, 2.75) is 19.3 Å². The second kappa shape index (κ2) is 7.56. The zero-order chi connectivity index (χ0) is 19.7. The van der Waals surface area contributed by atoms with Gasteiger partial charge >= 0.3 is 0 Å². The van der Waals surface area contributed by atoms with E-state index in [0.29, 0.717) is 18.8 Å². The molecular weight excluding hydrogens is 374 g/mol. The lowest BCUT2D eigenvalue weighted by molar-refractivity contribution is -0.116. The van der Waals surface area contributed by atoms with E-state index in [1.54, 1.807) is 24.5 Å². The summed E-state index contributed by atoms with van der Waals surface area (Å²) in [7, 11) is 1.64. The van der Waals surface area contributed by atoms with Crippen molar-refractivity contribution >= 4 is 22.9 Å². The maximum Gasteiger partial charge on any atom is 0.225 e. The van der Waals surface area contributed by atoms with Gasteiger partial charge in [0.25, 0.3) is 0 Å². The number of phenols is 1. The lowest BCUT2D eigenvalue weighted by Gasteiger charge is -2.24. The van der Waals surface area contributed by atoms with Gasteiger partial charge in [0.15, 0.2) is 11.5 Å². The number of rotatable bonds is 5. The number of hydrogen-bond acceptors (Lipinski definition) is 5. The number of carbonyl (C=O) groups excluding carboxylic acids is 1. The first-order chi connectivity index (χ1) is 13.6. The molecule has 6 heteroatoms. The number of aromatic hydroxyl groups is 1. The maximum atomic E-state index is 12.5. The van der Waals surface area contributed by atoms with Gasteiger partial charge in [-0.05, 0) is 42.3 Å². The highest BCUT2D eigenvalue weighted by atomic mass is 32.1. The molecule has 0 fully saturated rings. The molecule has 28 heavy (non-hydrogen) atoms. The lowest BCUT2D eigenvalue weighted by atomic mass is 9.89. The summed E-state index contributed by atoms with van der Waals surface area (Å²) in [6.45, 7) is 2.34. The average Bonchev–Trinajstić information content (AvgIpc) is 3.13. The minimum Gasteiger partial charge on any atom is -0.504 e. The van der Waals surface area contributed by atoms with Gasteiger partial charge in [-0.25, -0.2) is 0 Å². The molecule has 0 spiro atoms. The second-order valence-corrected chi connectivity index (χ2v) is 7.49. The van der Waals surface area contributed by atoms with Gasteiger partial charge in [-0.15, -0.1) is 11.3 Å². The number of hydrogen-bond donors (Lipinski definition) is 2. The molecule has 144 valence electrons. The molecule has 4 rings (SSSR count). The molecule has 0 saturated heterocycles. The monoisotopic (exact) mass is 395 g/mol. The lowest BCUT2D eigenvalue weighted by Crippen LogP contribution is -2.22. The summed E-state index contributed by atoms with van der Waals surface area (Å²) in [4.78, 5) is 13.6. The van der Waals surface area contributed by atoms with E-state index in [1.165, 1.54) is 0 Å². The molecule has 2 N–H and O–H groups in total. The Kier molecular flexibility index (Phi) is 4.96. The van der Waals surface area contributed by atoms with Gasteiger partial charge in [0.1, 0.15) is 5.75 Å². The molecule has 0 radical (unpaired) electrons. The van der Waals surface area contributed by atoms with Crippen molar-refractivity contribution in [3.8, 4) is 28.4 Å². The van der Waals surface area contributed by atoms with E-state index in [0.717, 1.165) is 33.0 Å². The largest absolute Gasteiger partial charge is 0.504 e. The number of nitrogens with one attached hydrogen (secondary N) is 1. The topological polar surface area (TPSA) is 67.8 Å². The Morgan fingerprint density at radius 1 is 1.21 bits per heavy atom. The molecule has 2 aromatic carbocycles. The quantitative estimate of drug-likeness (QED) is 0.638. The number of carbonyl (C=O) groups is 1. The summed E-state index contributed by atoms with van der Waals surface area (Å²) in [5, 5.41) is 15.1. The summed E-state index contributed by atoms with van der Waals surface area (Å²) < 4.78 is 10.8. The fourth-order valence-corrected chi connectivity index (χ4v) is 4.66. The number of ether oxygens (including phenoxy) is 2. The van der Waals surface area contributed by atoms with Crippen molar-refractivity contribution in [1.82, 2.24) is 0 Å². The van der Waals surface area contributed by atoms with Crippen LogP contribution in [0.3, 0.4) is 0 Å². The van der Waals surface area contributed by atoms with Gasteiger partial charge in [-0.2, -0.15) is 0 Å². The fourth-order valence-electron chi connectivity index (χ4n) is 3.50. The van der Waals surface area contributed by atoms with Crippen LogP contribution in [0, 0.1) is 0 Å². The first kappa shape index (κ1) is 18.4. The number of methoxy groups -OCH3 is 1. The second-order valence-electron chi connectivity index (χ2n) is 6.58. The smallest absolute Gasteiger partial charge is 0.225 e. The van der Waals surface area contributed by atoms with Crippen LogP contribution in [0.4, 0.5) is 5.69 Å². The third-order valence-corrected chi connectivity index (χ3v) is 5.97. The molecule has 1 aliphatic rings. The average molecular weight is 395 g/mol. The van der Waals surface area contributed by atoms with E-state index in [4.69, 9.17) is 9.47 Å². The molecule has 2 heterocycles. The highest BCUT2D eigenvalue weighted by molar-refractivity contribution is 7.11. The van der Waals surface area contributed by atoms with Crippen molar-refractivity contribution in [3.05, 3.63) is 58.3 Å². The molecule has 0 saturated carbocycles. The molecule has 1 aromatic heterocycles. The van der Waals surface area contributed by atoms with Crippen LogP contribution < -0.4 is 14.8 Å². The highest BCUT2D eigenvalue weighted by Crippen LogP contribution is 2.47. The van der Waals surface area contributed by atoms with Crippen molar-refractivity contribution in [1.29, 1.82) is 0 Å². The Bertz CT molecular complexity index is 1010. The number of thiophene rings is 1. The molecule has 1 unspecified atom stereocenters. The van der Waals surface area contributed by atoms with Crippen LogP contribution in [-0.4, -0.2) is 24.7 Å². The SMILES string of the molecule is CCOc1cc(C2CC(=O)Nc3c(-c4ccc(OC)cc4)csc32)ccc1O. The standard InChI is InChI=1S/C22H21NO4S/c1-3-27-19-10-14(6-9-18(19)24)16-11-20(25)23-21-17(12-28-22(16)21)13-4-7-15(26-2)8-5-13/h4-10,12,16,24H,3,11H2,1-2H3,(H,23,25). The maximum absolute atomic E-state index is 12.5. The number of anilines is 1. The van der Waals surface area contributed by atoms with Gasteiger partial charge in [0.05, 0.1) is 19.4 Å². The summed E-state index contributed by atoms with van der Waals surface area (Å²) in [6.07, 6.45) is 0.367. The third kappa shape index (κ3) is 3.31. The van der Waals surface area contributed by atoms with Crippen LogP contribution >= 0.6 is 11.3 Å². The molecule has 1 aliphatic heterocycles. The normalized spacial score (nSPS) is 15.6. The third-order valence-electron chi connectivity index (χ3n) is 4.88. The van der Waals surface area contributed by atoms with Crippen LogP contribution in [0.15, 0.2) is 47.8 Å². The summed E-state index contributed by atoms with van der Waals surface area (Å²) >= 11 is 1.64. The van der Waals surface area contributed by atoms with Crippen LogP contribution in [0.1, 0.15) is 29.7 Å². The van der Waals surface area contributed by atoms with Crippen molar-refractivity contribution < 1.29 is 19.4 Å². The van der Waals surface area contributed by atoms with Crippen molar-refractivity contribution in [2.24, 2.45) is 0 Å². The van der Waals surface area contributed by atoms with Gasteiger partial charge in [-0.3, -0.25) is 4.79 Å². The highest BCUT2D eigenvalue weighted by Gasteiger charge is 2.31. The Hall–Kier alpha value is -2.99. The fraction of sp³-hybridized carbons (Fsp3) is 0.227. The zero-order valence-corrected chi connectivity index (χ0v) is 16.5. The Morgan fingerprint density at radius 2 is 2.00 bits per heavy atom. The van der Waals surface area contributed by atoms with Crippen molar-refractivity contribution in [2.75, 3.05) is 19.0 Å². The van der Waals surface area contributed by atoms with Crippen molar-refractivity contribution in [3.63, 3.8) is 0 Å². The summed E-state index contributed by atoms with van der Waals surface area (Å²) in [6, 6.07) is 13.1. The van der Waals surface area contributed by atoms with Gasteiger partial charge in [-0.1, -0.05) is 18.2 Å². The minimum absolute atomic E-state index is 0.0169. The van der Waals surface area contributed by atoms with Crippen LogP contribution in [-0.2, 0) is 4.79 Å². The Balaban J connectivity index is 1.75. The van der Waals surface area contributed by atoms with E-state index in [-0.39, 0.29) is 17.6 Å². The van der Waals surface area contributed by atoms with E-state index in [2.05, 4.69) is 10.7 Å². The molecule has 1 atom stereocenters. The van der Waals surface area contributed by atoms with Gasteiger partial charge < -0.3 is 19.9 Å². The Labute approximate surface area is 167 Å². The number of phenolic OH excluding ortho intramolecular Hbond substituents is 1. The summed E-state index contributed by atoms with van der Waals surface area (Å²) in [5.74, 6) is 1.26. The minimum atomic E-state index is -0.0689. The summed E-state index contributed by atoms with van der Waals surface area (Å²) in [5.41, 5.74) is 3.85. The molecule has 0 bridgehead atoms. The molecular formula is C22H21NO4S. The predicted molar refractivity (Wildman–Crippen MR) is 111 cm³/mol. The zero-order valence-electron chi connectivity index (χ0n) is 15.7. The molecule has 0 aliphatic carbocycles. The Morgan fingerprint density at radius 3 is 2.71 bits per heavy atom. The van der Waals surface area contributed by atoms with Crippen LogP contribution in [0.2, 0.25) is 0 Å². The van der Waals surface area contributed by atoms with E-state index >= 15 is 0 Å². The predicted octanol–water partition coefficient (Wildman–Crippen LogP) is 5.00. The van der Waals surface area contributed by atoms with E-state index in [1.807, 2.05) is 43.3 Å². The molecule has 5 nitrogen and oxygen atoms in total. The van der Waals surface area contributed by atoms with E-state index < -0.39 is 0 Å². The molecule has 1 amide bonds. The van der Waals surface area contributed by atoms with Crippen LogP contribution in [0.25, 0.3) is 11.1 Å². The number of fused-ring (bicyclic) bond motifs is 1. The first-order valence-corrected chi connectivity index (χ1v) is 10.00. The number of benzene rings is 2. The first-order valence-electron chi connectivity index (χ1n) is 9.12. The van der Waals surface area contributed by atoms with Gasteiger partial charge in [0.2, 0.25) is 5.91 Å². The molecule has 3 aromatic rings.